The van der Waals surface area contributed by atoms with Gasteiger partial charge in [-0.3, -0.25) is 9.59 Å². The summed E-state index contributed by atoms with van der Waals surface area (Å²) in [7, 11) is 0. The number of hydrogen-bond donors (Lipinski definition) is 1. The number of aromatic nitrogens is 1. The normalized spacial score (nSPS) is 27.5. The van der Waals surface area contributed by atoms with Crippen LogP contribution in [0.4, 0.5) is 10.8 Å². The van der Waals surface area contributed by atoms with E-state index in [0.29, 0.717) is 24.0 Å². The lowest BCUT2D eigenvalue weighted by Crippen LogP contribution is -2.32. The van der Waals surface area contributed by atoms with E-state index in [0.717, 1.165) is 24.9 Å². The number of anilines is 2. The van der Waals surface area contributed by atoms with Crippen molar-refractivity contribution in [2.45, 2.75) is 57.7 Å². The molecule has 2 aliphatic heterocycles. The number of nitrogens with zero attached hydrogens (tertiary/aromatic N) is 1. The molecule has 1 spiro atoms. The number of thiazole rings is 1. The summed E-state index contributed by atoms with van der Waals surface area (Å²) >= 11 is 1.43. The number of unbranched alkanes of at least 4 members (excludes halogenated alkanes) is 2. The highest BCUT2D eigenvalue weighted by Gasteiger charge is 2.65. The van der Waals surface area contributed by atoms with Crippen LogP contribution in [0.3, 0.4) is 0 Å². The van der Waals surface area contributed by atoms with Crippen molar-refractivity contribution < 1.29 is 23.8 Å². The molecular weight excluding hydrogens is 416 g/mol. The maximum absolute atomic E-state index is 12.9. The van der Waals surface area contributed by atoms with E-state index in [4.69, 9.17) is 14.2 Å². The van der Waals surface area contributed by atoms with Gasteiger partial charge in [-0.1, -0.05) is 38.0 Å². The van der Waals surface area contributed by atoms with Crippen molar-refractivity contribution in [1.29, 1.82) is 0 Å². The Balaban J connectivity index is 1.42. The van der Waals surface area contributed by atoms with Crippen molar-refractivity contribution in [2.24, 2.45) is 5.41 Å². The maximum atomic E-state index is 12.9. The summed E-state index contributed by atoms with van der Waals surface area (Å²) in [5, 5.41) is 5.82. The number of cyclic esters (lactones) is 2. The lowest BCUT2D eigenvalue weighted by Gasteiger charge is -2.20. The number of ether oxygens (including phenoxy) is 3. The number of rotatable bonds is 9. The first-order valence-corrected chi connectivity index (χ1v) is 11.6. The Hall–Kier alpha value is -2.45. The quantitative estimate of drug-likeness (QED) is 0.345. The molecule has 0 unspecified atom stereocenters. The molecule has 8 heteroatoms. The van der Waals surface area contributed by atoms with E-state index in [9.17, 15) is 9.59 Å². The van der Waals surface area contributed by atoms with E-state index >= 15 is 0 Å². The van der Waals surface area contributed by atoms with Crippen LogP contribution in [-0.4, -0.2) is 36.2 Å². The Morgan fingerprint density at radius 1 is 1.23 bits per heavy atom. The smallest absolute Gasteiger partial charge is 0.324 e. The van der Waals surface area contributed by atoms with Gasteiger partial charge in [0, 0.05) is 30.5 Å². The fraction of sp³-hybridized carbons (Fsp3) is 0.522. The van der Waals surface area contributed by atoms with Crippen LogP contribution in [0, 0.1) is 5.41 Å². The van der Waals surface area contributed by atoms with E-state index < -0.39 is 29.1 Å². The minimum Gasteiger partial charge on any atom is -0.459 e. The molecule has 166 valence electrons. The fourth-order valence-electron chi connectivity index (χ4n) is 4.20. The van der Waals surface area contributed by atoms with Crippen LogP contribution in [-0.2, 0) is 29.4 Å². The third-order valence-electron chi connectivity index (χ3n) is 5.86. The highest BCUT2D eigenvalue weighted by molar-refractivity contribution is 7.13. The number of benzene rings is 1. The van der Waals surface area contributed by atoms with Gasteiger partial charge in [-0.05, 0) is 25.5 Å². The molecule has 2 saturated heterocycles. The molecule has 4 rings (SSSR count). The zero-order chi connectivity index (χ0) is 21.9. The number of para-hydroxylation sites is 1. The van der Waals surface area contributed by atoms with Crippen LogP contribution in [0.2, 0.25) is 0 Å². The molecule has 0 radical (unpaired) electrons. The summed E-state index contributed by atoms with van der Waals surface area (Å²) in [4.78, 5) is 30.2. The summed E-state index contributed by atoms with van der Waals surface area (Å²) in [6.45, 7) is 4.88. The molecule has 0 amide bonds. The van der Waals surface area contributed by atoms with Gasteiger partial charge in [-0.25, -0.2) is 4.98 Å². The Morgan fingerprint density at radius 3 is 2.81 bits per heavy atom. The summed E-state index contributed by atoms with van der Waals surface area (Å²) in [6.07, 6.45) is 3.29. The van der Waals surface area contributed by atoms with Crippen molar-refractivity contribution in [3.05, 3.63) is 41.4 Å². The number of carbonyl (C=O) groups is 2. The zero-order valence-corrected chi connectivity index (χ0v) is 18.7. The maximum Gasteiger partial charge on any atom is 0.324 e. The lowest BCUT2D eigenvalue weighted by molar-refractivity contribution is -0.160. The molecule has 2 aliphatic rings. The Kier molecular flexibility index (Phi) is 6.29. The number of esters is 2. The molecule has 1 aromatic heterocycles. The summed E-state index contributed by atoms with van der Waals surface area (Å²) in [5.41, 5.74) is -0.689. The Bertz CT molecular complexity index is 933. The molecule has 31 heavy (non-hydrogen) atoms. The van der Waals surface area contributed by atoms with Gasteiger partial charge in [0.05, 0.1) is 12.3 Å². The third kappa shape index (κ3) is 4.45. The molecule has 1 aromatic carbocycles. The SMILES string of the molecule is CCCCCOC[C@@H]1C[C@@]2(C[C@@](C)(c3csc(Nc4ccccc4)n3)OC2=O)C(=O)O1. The first-order valence-electron chi connectivity index (χ1n) is 10.8. The van der Waals surface area contributed by atoms with Crippen molar-refractivity contribution in [1.82, 2.24) is 4.98 Å². The van der Waals surface area contributed by atoms with E-state index in [1.807, 2.05) is 42.6 Å². The standard InChI is InChI=1S/C23H28N2O5S/c1-3-4-8-11-28-13-17-12-23(19(26)29-17)15-22(2,30-20(23)27)18-14-31-21(25-18)24-16-9-6-5-7-10-16/h5-7,9-10,14,17H,3-4,8,11-13,15H2,1-2H3,(H,24,25)/t17-,22-,23+/m0/s1. The number of hydrogen-bond acceptors (Lipinski definition) is 8. The average molecular weight is 445 g/mol. The van der Waals surface area contributed by atoms with E-state index in [1.54, 1.807) is 0 Å². The van der Waals surface area contributed by atoms with Gasteiger partial charge in [0.15, 0.2) is 16.1 Å². The molecule has 3 atom stereocenters. The molecule has 1 N–H and O–H groups in total. The molecule has 3 heterocycles. The number of nitrogens with one attached hydrogen (secondary N) is 1. The topological polar surface area (TPSA) is 86.8 Å². The van der Waals surface area contributed by atoms with Crippen LogP contribution in [0.1, 0.15) is 51.6 Å². The molecule has 0 bridgehead atoms. The van der Waals surface area contributed by atoms with E-state index in [-0.39, 0.29) is 12.8 Å². The second kappa shape index (κ2) is 8.96. The Labute approximate surface area is 186 Å². The van der Waals surface area contributed by atoms with E-state index in [2.05, 4.69) is 17.2 Å². The van der Waals surface area contributed by atoms with Crippen LogP contribution >= 0.6 is 11.3 Å². The van der Waals surface area contributed by atoms with Crippen molar-refractivity contribution in [2.75, 3.05) is 18.5 Å². The summed E-state index contributed by atoms with van der Waals surface area (Å²) in [5.74, 6) is -1.04. The third-order valence-corrected chi connectivity index (χ3v) is 6.61. The van der Waals surface area contributed by atoms with Crippen molar-refractivity contribution in [3.63, 3.8) is 0 Å². The fourth-order valence-corrected chi connectivity index (χ4v) is 5.05. The minimum absolute atomic E-state index is 0.221. The highest BCUT2D eigenvalue weighted by atomic mass is 32.1. The average Bonchev–Trinajstić information content (AvgIpc) is 3.41. The molecule has 0 saturated carbocycles. The second-order valence-electron chi connectivity index (χ2n) is 8.42. The van der Waals surface area contributed by atoms with Crippen molar-refractivity contribution >= 4 is 34.1 Å². The monoisotopic (exact) mass is 444 g/mol. The van der Waals surface area contributed by atoms with Gasteiger partial charge in [0.2, 0.25) is 0 Å². The minimum atomic E-state index is -1.27. The second-order valence-corrected chi connectivity index (χ2v) is 9.28. The van der Waals surface area contributed by atoms with Crippen LogP contribution in [0.15, 0.2) is 35.7 Å². The van der Waals surface area contributed by atoms with Crippen LogP contribution in [0.25, 0.3) is 0 Å². The predicted molar refractivity (Wildman–Crippen MR) is 117 cm³/mol. The lowest BCUT2D eigenvalue weighted by atomic mass is 9.78. The molecule has 0 aliphatic carbocycles. The van der Waals surface area contributed by atoms with Crippen molar-refractivity contribution in [3.8, 4) is 0 Å². The molecule has 2 aromatic rings. The van der Waals surface area contributed by atoms with Gasteiger partial charge in [0.25, 0.3) is 0 Å². The highest BCUT2D eigenvalue weighted by Crippen LogP contribution is 2.52. The molecular formula is C23H28N2O5S. The summed E-state index contributed by atoms with van der Waals surface area (Å²) < 4.78 is 16.9. The predicted octanol–water partition coefficient (Wildman–Crippen LogP) is 4.56. The van der Waals surface area contributed by atoms with Gasteiger partial charge in [0.1, 0.15) is 6.10 Å². The van der Waals surface area contributed by atoms with Gasteiger partial charge in [-0.15, -0.1) is 11.3 Å². The van der Waals surface area contributed by atoms with Gasteiger partial charge >= 0.3 is 11.9 Å². The molecule has 2 fully saturated rings. The van der Waals surface area contributed by atoms with Crippen LogP contribution in [0.5, 0.6) is 0 Å². The molecule has 7 nitrogen and oxygen atoms in total. The first kappa shape index (κ1) is 21.8. The van der Waals surface area contributed by atoms with Gasteiger partial charge in [-0.2, -0.15) is 0 Å². The van der Waals surface area contributed by atoms with Crippen LogP contribution < -0.4 is 5.32 Å². The van der Waals surface area contributed by atoms with Gasteiger partial charge < -0.3 is 19.5 Å². The largest absolute Gasteiger partial charge is 0.459 e. The Morgan fingerprint density at radius 2 is 2.03 bits per heavy atom. The number of carbonyl (C=O) groups excluding carboxylic acids is 2. The zero-order valence-electron chi connectivity index (χ0n) is 17.9. The van der Waals surface area contributed by atoms with E-state index in [1.165, 1.54) is 11.3 Å². The summed E-state index contributed by atoms with van der Waals surface area (Å²) in [6, 6.07) is 9.73. The first-order chi connectivity index (χ1) is 14.9.